The summed E-state index contributed by atoms with van der Waals surface area (Å²) in [6.07, 6.45) is 6.20. The number of pyridine rings is 1. The van der Waals surface area contributed by atoms with Crippen LogP contribution in [0.3, 0.4) is 0 Å². The van der Waals surface area contributed by atoms with Gasteiger partial charge < -0.3 is 15.2 Å². The second-order valence-corrected chi connectivity index (χ2v) is 6.77. The highest BCUT2D eigenvalue weighted by Gasteiger charge is 2.12. The summed E-state index contributed by atoms with van der Waals surface area (Å²) in [5.41, 5.74) is 2.97. The number of rotatable bonds is 10. The summed E-state index contributed by atoms with van der Waals surface area (Å²) >= 11 is 0. The SMILES string of the molecule is CCCCCNC(=O)N(C)c1cccc(-c2ccc(C=C(OCC)C(=O)O)cn2)c1. The van der Waals surface area contributed by atoms with Gasteiger partial charge in [0.25, 0.3) is 0 Å². The van der Waals surface area contributed by atoms with Gasteiger partial charge in [0, 0.05) is 31.0 Å². The lowest BCUT2D eigenvalue weighted by atomic mass is 10.1. The molecule has 2 N–H and O–H groups in total. The van der Waals surface area contributed by atoms with Crippen molar-refractivity contribution in [3.63, 3.8) is 0 Å². The van der Waals surface area contributed by atoms with Crippen molar-refractivity contribution in [3.8, 4) is 11.3 Å². The number of aliphatic carboxylic acids is 1. The van der Waals surface area contributed by atoms with Crippen molar-refractivity contribution >= 4 is 23.8 Å². The standard InChI is InChI=1S/C23H29N3O4/c1-4-6-7-13-24-23(29)26(3)19-10-8-9-18(15-19)20-12-11-17(16-25-20)14-21(22(27)28)30-5-2/h8-12,14-16H,4-7,13H2,1-3H3,(H,24,29)(H,27,28). The average molecular weight is 412 g/mol. The van der Waals surface area contributed by atoms with E-state index in [1.807, 2.05) is 24.3 Å². The maximum atomic E-state index is 12.3. The molecule has 0 fully saturated rings. The zero-order valence-electron chi connectivity index (χ0n) is 17.7. The van der Waals surface area contributed by atoms with Crippen molar-refractivity contribution in [3.05, 3.63) is 53.9 Å². The molecular weight excluding hydrogens is 382 g/mol. The van der Waals surface area contributed by atoms with Gasteiger partial charge in [0.05, 0.1) is 12.3 Å². The molecular formula is C23H29N3O4. The van der Waals surface area contributed by atoms with E-state index < -0.39 is 5.97 Å². The van der Waals surface area contributed by atoms with Crippen molar-refractivity contribution in [2.45, 2.75) is 33.1 Å². The summed E-state index contributed by atoms with van der Waals surface area (Å²) in [6, 6.07) is 11.0. The molecule has 1 aromatic heterocycles. The predicted molar refractivity (Wildman–Crippen MR) is 118 cm³/mol. The second-order valence-electron chi connectivity index (χ2n) is 6.77. The minimum Gasteiger partial charge on any atom is -0.487 e. The number of aromatic nitrogens is 1. The molecule has 0 unspecified atom stereocenters. The number of unbranched alkanes of at least 4 members (excludes halogenated alkanes) is 2. The molecule has 0 bridgehead atoms. The molecule has 0 radical (unpaired) electrons. The molecule has 2 amide bonds. The van der Waals surface area contributed by atoms with Gasteiger partial charge in [-0.05, 0) is 43.2 Å². The van der Waals surface area contributed by atoms with Gasteiger partial charge in [0.15, 0.2) is 0 Å². The lowest BCUT2D eigenvalue weighted by Gasteiger charge is -2.19. The van der Waals surface area contributed by atoms with E-state index in [0.717, 1.165) is 36.2 Å². The number of hydrogen-bond donors (Lipinski definition) is 2. The molecule has 0 atom stereocenters. The van der Waals surface area contributed by atoms with Gasteiger partial charge in [0.2, 0.25) is 5.76 Å². The normalized spacial score (nSPS) is 11.1. The van der Waals surface area contributed by atoms with Gasteiger partial charge in [-0.25, -0.2) is 9.59 Å². The average Bonchev–Trinajstić information content (AvgIpc) is 2.76. The molecule has 0 saturated heterocycles. The zero-order chi connectivity index (χ0) is 21.9. The van der Waals surface area contributed by atoms with Crippen LogP contribution in [0.2, 0.25) is 0 Å². The Morgan fingerprint density at radius 2 is 2.00 bits per heavy atom. The summed E-state index contributed by atoms with van der Waals surface area (Å²) in [7, 11) is 1.73. The zero-order valence-corrected chi connectivity index (χ0v) is 17.7. The van der Waals surface area contributed by atoms with Gasteiger partial charge in [-0.15, -0.1) is 0 Å². The first-order valence-electron chi connectivity index (χ1n) is 10.1. The Bertz CT molecular complexity index is 878. The number of carboxylic acids is 1. The second kappa shape index (κ2) is 11.6. The Kier molecular flexibility index (Phi) is 8.87. The van der Waals surface area contributed by atoms with Gasteiger partial charge in [-0.1, -0.05) is 38.0 Å². The third-order valence-corrected chi connectivity index (χ3v) is 4.49. The van der Waals surface area contributed by atoms with Crippen molar-refractivity contribution in [1.29, 1.82) is 0 Å². The Hall–Kier alpha value is -3.35. The molecule has 30 heavy (non-hydrogen) atoms. The van der Waals surface area contributed by atoms with Crippen LogP contribution in [0.4, 0.5) is 10.5 Å². The molecule has 1 heterocycles. The van der Waals surface area contributed by atoms with Gasteiger partial charge in [0.1, 0.15) is 0 Å². The van der Waals surface area contributed by atoms with Crippen molar-refractivity contribution in [2.24, 2.45) is 0 Å². The highest BCUT2D eigenvalue weighted by molar-refractivity contribution is 5.92. The van der Waals surface area contributed by atoms with E-state index in [1.54, 1.807) is 37.2 Å². The third kappa shape index (κ3) is 6.62. The van der Waals surface area contributed by atoms with Gasteiger partial charge in [-0.3, -0.25) is 9.88 Å². The van der Waals surface area contributed by atoms with Crippen LogP contribution < -0.4 is 10.2 Å². The van der Waals surface area contributed by atoms with Crippen molar-refractivity contribution in [1.82, 2.24) is 10.3 Å². The number of urea groups is 1. The molecule has 7 nitrogen and oxygen atoms in total. The van der Waals surface area contributed by atoms with Crippen LogP contribution in [0.5, 0.6) is 0 Å². The number of nitrogens with one attached hydrogen (secondary N) is 1. The van der Waals surface area contributed by atoms with E-state index in [1.165, 1.54) is 6.08 Å². The number of nitrogens with zero attached hydrogens (tertiary/aromatic N) is 2. The summed E-state index contributed by atoms with van der Waals surface area (Å²) in [5.74, 6) is -1.25. The summed E-state index contributed by atoms with van der Waals surface area (Å²) < 4.78 is 5.12. The van der Waals surface area contributed by atoms with E-state index >= 15 is 0 Å². The monoisotopic (exact) mass is 411 g/mol. The number of anilines is 1. The number of amides is 2. The molecule has 0 aliphatic carbocycles. The van der Waals surface area contributed by atoms with Crippen LogP contribution >= 0.6 is 0 Å². The molecule has 1 aromatic carbocycles. The molecule has 0 saturated carbocycles. The minimum absolute atomic E-state index is 0.124. The van der Waals surface area contributed by atoms with Crippen LogP contribution in [0, 0.1) is 0 Å². The largest absolute Gasteiger partial charge is 0.487 e. The lowest BCUT2D eigenvalue weighted by Crippen LogP contribution is -2.37. The molecule has 0 aliphatic heterocycles. The first-order chi connectivity index (χ1) is 14.5. The van der Waals surface area contributed by atoms with Crippen LogP contribution in [-0.2, 0) is 9.53 Å². The molecule has 2 rings (SSSR count). The topological polar surface area (TPSA) is 91.8 Å². The fraction of sp³-hybridized carbons (Fsp3) is 0.348. The summed E-state index contributed by atoms with van der Waals surface area (Å²) in [4.78, 5) is 29.5. The highest BCUT2D eigenvalue weighted by Crippen LogP contribution is 2.23. The van der Waals surface area contributed by atoms with E-state index in [2.05, 4.69) is 17.2 Å². The van der Waals surface area contributed by atoms with Crippen LogP contribution in [0.15, 0.2) is 48.4 Å². The van der Waals surface area contributed by atoms with E-state index in [4.69, 9.17) is 9.84 Å². The number of carbonyl (C=O) groups excluding carboxylic acids is 1. The molecule has 0 spiro atoms. The number of benzene rings is 1. The molecule has 0 aliphatic rings. The van der Waals surface area contributed by atoms with Crippen LogP contribution in [-0.4, -0.2) is 42.3 Å². The first-order valence-corrected chi connectivity index (χ1v) is 10.1. The van der Waals surface area contributed by atoms with Crippen molar-refractivity contribution in [2.75, 3.05) is 25.1 Å². The number of carboxylic acid groups (broad SMARTS) is 1. The van der Waals surface area contributed by atoms with Crippen molar-refractivity contribution < 1.29 is 19.4 Å². The van der Waals surface area contributed by atoms with E-state index in [-0.39, 0.29) is 18.4 Å². The third-order valence-electron chi connectivity index (χ3n) is 4.49. The molecule has 7 heteroatoms. The Labute approximate surface area is 177 Å². The summed E-state index contributed by atoms with van der Waals surface area (Å²) in [6.45, 7) is 4.79. The highest BCUT2D eigenvalue weighted by atomic mass is 16.5. The fourth-order valence-corrected chi connectivity index (χ4v) is 2.81. The Morgan fingerprint density at radius 3 is 2.63 bits per heavy atom. The van der Waals surface area contributed by atoms with Gasteiger partial charge >= 0.3 is 12.0 Å². The lowest BCUT2D eigenvalue weighted by molar-refractivity contribution is -0.136. The summed E-state index contributed by atoms with van der Waals surface area (Å²) in [5, 5.41) is 12.1. The number of carbonyl (C=O) groups is 2. The quantitative estimate of drug-likeness (QED) is 0.340. The maximum Gasteiger partial charge on any atom is 0.371 e. The van der Waals surface area contributed by atoms with Crippen LogP contribution in [0.1, 0.15) is 38.7 Å². The van der Waals surface area contributed by atoms with E-state index in [9.17, 15) is 9.59 Å². The van der Waals surface area contributed by atoms with E-state index in [0.29, 0.717) is 12.1 Å². The maximum absolute atomic E-state index is 12.3. The molecule has 2 aromatic rings. The predicted octanol–water partition coefficient (Wildman–Crippen LogP) is 4.55. The molecule has 160 valence electrons. The Balaban J connectivity index is 2.12. The van der Waals surface area contributed by atoms with Crippen LogP contribution in [0.25, 0.3) is 17.3 Å². The first kappa shape index (κ1) is 22.9. The fourth-order valence-electron chi connectivity index (χ4n) is 2.81. The minimum atomic E-state index is -1.12. The Morgan fingerprint density at radius 1 is 1.20 bits per heavy atom. The smallest absolute Gasteiger partial charge is 0.371 e. The van der Waals surface area contributed by atoms with Gasteiger partial charge in [-0.2, -0.15) is 0 Å². The number of hydrogen-bond acceptors (Lipinski definition) is 4. The number of ether oxygens (including phenoxy) is 1.